The smallest absolute Gasteiger partial charge is 0.156 e. The van der Waals surface area contributed by atoms with Gasteiger partial charge in [0, 0.05) is 43.8 Å². The van der Waals surface area contributed by atoms with Crippen molar-refractivity contribution in [3.63, 3.8) is 0 Å². The number of pyridine rings is 1. The molecule has 0 aromatic carbocycles. The van der Waals surface area contributed by atoms with Gasteiger partial charge in [0.2, 0.25) is 0 Å². The number of anilines is 1. The number of nitrogens with zero attached hydrogens (tertiary/aromatic N) is 5. The second-order valence-corrected chi connectivity index (χ2v) is 8.13. The first-order valence-electron chi connectivity index (χ1n) is 9.30. The zero-order valence-corrected chi connectivity index (χ0v) is 17.3. The van der Waals surface area contributed by atoms with Crippen LogP contribution in [-0.4, -0.2) is 56.7 Å². The standard InChI is InChI=1S/C19H27N7OS/c1-4-16(12-21-2)25(3)28(27)18-9-14(10-23-19(18)20)15-11-24-26(13-15)17-5-7-22-8-6-17/h4,9-13,17,22H,5-8H2,1-3H3,(H2,20,23)/b16-4+,21-12?. The quantitative estimate of drug-likeness (QED) is 0.721. The third-order valence-electron chi connectivity index (χ3n) is 4.86. The van der Waals surface area contributed by atoms with E-state index in [0.717, 1.165) is 42.8 Å². The lowest BCUT2D eigenvalue weighted by Crippen LogP contribution is -2.29. The van der Waals surface area contributed by atoms with Gasteiger partial charge in [0.1, 0.15) is 10.7 Å². The van der Waals surface area contributed by atoms with Gasteiger partial charge in [0.25, 0.3) is 0 Å². The molecular formula is C19H27N7OS. The van der Waals surface area contributed by atoms with Gasteiger partial charge < -0.3 is 11.1 Å². The van der Waals surface area contributed by atoms with Crippen molar-refractivity contribution >= 4 is 23.0 Å². The van der Waals surface area contributed by atoms with Crippen molar-refractivity contribution in [2.75, 3.05) is 32.9 Å². The Kier molecular flexibility index (Phi) is 6.58. The molecule has 1 fully saturated rings. The number of hydrogen-bond acceptors (Lipinski definition) is 6. The average molecular weight is 402 g/mol. The molecule has 0 aliphatic carbocycles. The summed E-state index contributed by atoms with van der Waals surface area (Å²) in [6.45, 7) is 3.89. The molecule has 3 heterocycles. The highest BCUT2D eigenvalue weighted by molar-refractivity contribution is 7.83. The van der Waals surface area contributed by atoms with E-state index >= 15 is 0 Å². The molecule has 3 rings (SSSR count). The van der Waals surface area contributed by atoms with Crippen molar-refractivity contribution in [2.24, 2.45) is 4.99 Å². The maximum Gasteiger partial charge on any atom is 0.156 e. The Morgan fingerprint density at radius 1 is 1.39 bits per heavy atom. The third-order valence-corrected chi connectivity index (χ3v) is 6.27. The molecule has 150 valence electrons. The van der Waals surface area contributed by atoms with Crippen molar-refractivity contribution < 1.29 is 4.21 Å². The van der Waals surface area contributed by atoms with E-state index in [1.54, 1.807) is 30.8 Å². The fourth-order valence-electron chi connectivity index (χ4n) is 3.22. The lowest BCUT2D eigenvalue weighted by atomic mass is 10.1. The van der Waals surface area contributed by atoms with Crippen LogP contribution >= 0.6 is 0 Å². The highest BCUT2D eigenvalue weighted by Gasteiger charge is 2.19. The van der Waals surface area contributed by atoms with E-state index < -0.39 is 11.0 Å². The van der Waals surface area contributed by atoms with Gasteiger partial charge in [-0.15, -0.1) is 0 Å². The molecule has 28 heavy (non-hydrogen) atoms. The van der Waals surface area contributed by atoms with Crippen LogP contribution in [0.1, 0.15) is 25.8 Å². The van der Waals surface area contributed by atoms with Crippen molar-refractivity contribution in [1.82, 2.24) is 24.4 Å². The Morgan fingerprint density at radius 2 is 2.14 bits per heavy atom. The molecule has 2 aromatic heterocycles. The molecule has 0 radical (unpaired) electrons. The molecule has 0 bridgehead atoms. The van der Waals surface area contributed by atoms with Crippen molar-refractivity contribution in [2.45, 2.75) is 30.7 Å². The van der Waals surface area contributed by atoms with Gasteiger partial charge in [-0.25, -0.2) is 9.19 Å². The molecule has 8 nitrogen and oxygen atoms in total. The normalized spacial score (nSPS) is 17.2. The monoisotopic (exact) mass is 401 g/mol. The number of aromatic nitrogens is 3. The van der Waals surface area contributed by atoms with Crippen LogP contribution in [0.4, 0.5) is 5.82 Å². The van der Waals surface area contributed by atoms with Crippen molar-refractivity contribution in [3.05, 3.63) is 36.4 Å². The Morgan fingerprint density at radius 3 is 2.82 bits per heavy atom. The maximum absolute atomic E-state index is 13.1. The summed E-state index contributed by atoms with van der Waals surface area (Å²) in [4.78, 5) is 8.75. The fourth-order valence-corrected chi connectivity index (χ4v) is 4.32. The summed E-state index contributed by atoms with van der Waals surface area (Å²) in [5.74, 6) is 0.253. The molecular weight excluding hydrogens is 374 g/mol. The summed E-state index contributed by atoms with van der Waals surface area (Å²) in [6.07, 6.45) is 11.2. The lowest BCUT2D eigenvalue weighted by molar-refractivity contribution is 0.343. The minimum atomic E-state index is -1.50. The van der Waals surface area contributed by atoms with Gasteiger partial charge in [-0.3, -0.25) is 14.0 Å². The molecule has 0 spiro atoms. The SMILES string of the molecule is C/C=C(\C=NC)N(C)S(=O)c1cc(-c2cnn(C3CCNCC3)c2)cnc1N. The van der Waals surface area contributed by atoms with Gasteiger partial charge in [-0.1, -0.05) is 6.08 Å². The molecule has 0 saturated carbocycles. The second kappa shape index (κ2) is 9.11. The third kappa shape index (κ3) is 4.31. The summed E-state index contributed by atoms with van der Waals surface area (Å²) in [6, 6.07) is 2.23. The molecule has 1 atom stereocenters. The first-order valence-corrected chi connectivity index (χ1v) is 10.4. The Balaban J connectivity index is 1.87. The molecule has 1 aliphatic heterocycles. The van der Waals surface area contributed by atoms with Crippen LogP contribution in [0.5, 0.6) is 0 Å². The number of aliphatic imine (C=N–C) groups is 1. The van der Waals surface area contributed by atoms with Crippen molar-refractivity contribution in [1.29, 1.82) is 0 Å². The molecule has 0 amide bonds. The van der Waals surface area contributed by atoms with Gasteiger partial charge >= 0.3 is 0 Å². The number of nitrogens with one attached hydrogen (secondary N) is 1. The summed E-state index contributed by atoms with van der Waals surface area (Å²) in [5.41, 5.74) is 8.56. The summed E-state index contributed by atoms with van der Waals surface area (Å²) in [7, 11) is 1.92. The van der Waals surface area contributed by atoms with Gasteiger partial charge in [0.15, 0.2) is 11.0 Å². The predicted octanol–water partition coefficient (Wildman–Crippen LogP) is 2.01. The Bertz CT molecular complexity index is 899. The maximum atomic E-state index is 13.1. The predicted molar refractivity (Wildman–Crippen MR) is 113 cm³/mol. The van der Waals surface area contributed by atoms with Crippen LogP contribution in [0.25, 0.3) is 11.1 Å². The highest BCUT2D eigenvalue weighted by Crippen LogP contribution is 2.27. The first kappa shape index (κ1) is 20.2. The number of nitrogen functional groups attached to an aromatic ring is 1. The van der Waals surface area contributed by atoms with E-state index in [-0.39, 0.29) is 5.82 Å². The van der Waals surface area contributed by atoms with Crippen LogP contribution in [0, 0.1) is 0 Å². The molecule has 1 aliphatic rings. The molecule has 3 N–H and O–H groups in total. The van der Waals surface area contributed by atoms with Crippen molar-refractivity contribution in [3.8, 4) is 11.1 Å². The van der Waals surface area contributed by atoms with E-state index in [4.69, 9.17) is 5.73 Å². The average Bonchev–Trinajstić information content (AvgIpc) is 3.22. The van der Waals surface area contributed by atoms with E-state index in [1.807, 2.05) is 36.1 Å². The summed E-state index contributed by atoms with van der Waals surface area (Å²) >= 11 is 0. The Labute approximate surface area is 168 Å². The van der Waals surface area contributed by atoms with E-state index in [1.165, 1.54) is 0 Å². The van der Waals surface area contributed by atoms with E-state index in [9.17, 15) is 4.21 Å². The van der Waals surface area contributed by atoms with Crippen LogP contribution in [0.15, 0.2) is 46.3 Å². The number of piperidine rings is 1. The number of allylic oxidation sites excluding steroid dienone is 2. The molecule has 1 saturated heterocycles. The largest absolute Gasteiger partial charge is 0.383 e. The highest BCUT2D eigenvalue weighted by atomic mass is 32.2. The van der Waals surface area contributed by atoms with Crippen LogP contribution < -0.4 is 11.1 Å². The second-order valence-electron chi connectivity index (χ2n) is 6.65. The lowest BCUT2D eigenvalue weighted by Gasteiger charge is -2.22. The van der Waals surface area contributed by atoms with Gasteiger partial charge in [-0.2, -0.15) is 5.10 Å². The number of nitrogens with two attached hydrogens (primary N) is 1. The van der Waals surface area contributed by atoms with Gasteiger partial charge in [-0.05, 0) is 38.9 Å². The van der Waals surface area contributed by atoms with Crippen LogP contribution in [0.3, 0.4) is 0 Å². The van der Waals surface area contributed by atoms with Crippen LogP contribution in [-0.2, 0) is 11.0 Å². The summed E-state index contributed by atoms with van der Waals surface area (Å²) < 4.78 is 16.7. The minimum Gasteiger partial charge on any atom is -0.383 e. The minimum absolute atomic E-state index is 0.253. The zero-order valence-electron chi connectivity index (χ0n) is 16.5. The fraction of sp³-hybridized carbons (Fsp3) is 0.421. The van der Waals surface area contributed by atoms with Crippen LogP contribution in [0.2, 0.25) is 0 Å². The summed E-state index contributed by atoms with van der Waals surface area (Å²) in [5, 5.41) is 7.90. The number of hydrogen-bond donors (Lipinski definition) is 2. The molecule has 9 heteroatoms. The van der Waals surface area contributed by atoms with Gasteiger partial charge in [0.05, 0.1) is 17.9 Å². The molecule has 1 unspecified atom stereocenters. The topological polar surface area (TPSA) is 101 Å². The first-order chi connectivity index (χ1) is 13.5. The number of rotatable bonds is 6. The van der Waals surface area contributed by atoms with E-state index in [2.05, 4.69) is 20.4 Å². The zero-order chi connectivity index (χ0) is 20.1. The Hall–Kier alpha value is -2.52. The molecule has 2 aromatic rings. The van der Waals surface area contributed by atoms with E-state index in [0.29, 0.717) is 10.9 Å².